The number of amides is 2. The van der Waals surface area contributed by atoms with Crippen molar-refractivity contribution in [2.24, 2.45) is 5.92 Å². The van der Waals surface area contributed by atoms with Crippen molar-refractivity contribution in [1.82, 2.24) is 15.5 Å². The van der Waals surface area contributed by atoms with Crippen LogP contribution >= 0.6 is 0 Å². The highest BCUT2D eigenvalue weighted by Gasteiger charge is 2.37. The zero-order valence-electron chi connectivity index (χ0n) is 16.2. The molecule has 7 nitrogen and oxygen atoms in total. The minimum atomic E-state index is -0.766. The quantitative estimate of drug-likeness (QED) is 0.536. The van der Waals surface area contributed by atoms with E-state index in [4.69, 9.17) is 4.74 Å². The van der Waals surface area contributed by atoms with Gasteiger partial charge >= 0.3 is 5.97 Å². The topological polar surface area (TPSA) is 87.7 Å². The molecule has 2 aliphatic rings. The van der Waals surface area contributed by atoms with Crippen LogP contribution in [0.25, 0.3) is 0 Å². The Hall–Kier alpha value is -2.41. The largest absolute Gasteiger partial charge is 0.466 e. The average Bonchev–Trinajstić information content (AvgIpc) is 2.73. The molecule has 0 aliphatic carbocycles. The molecule has 2 amide bonds. The predicted molar refractivity (Wildman–Crippen MR) is 104 cm³/mol. The summed E-state index contributed by atoms with van der Waals surface area (Å²) in [7, 11) is 0. The van der Waals surface area contributed by atoms with Crippen LogP contribution in [0.5, 0.6) is 0 Å². The lowest BCUT2D eigenvalue weighted by molar-refractivity contribution is -0.153. The normalized spacial score (nSPS) is 20.5. The van der Waals surface area contributed by atoms with Crippen molar-refractivity contribution >= 4 is 17.8 Å². The van der Waals surface area contributed by atoms with Crippen LogP contribution in [0.3, 0.4) is 0 Å². The molecule has 2 fully saturated rings. The Morgan fingerprint density at radius 2 is 1.86 bits per heavy atom. The van der Waals surface area contributed by atoms with Crippen molar-refractivity contribution in [2.45, 2.75) is 38.1 Å². The van der Waals surface area contributed by atoms with Crippen LogP contribution in [-0.4, -0.2) is 61.5 Å². The van der Waals surface area contributed by atoms with Gasteiger partial charge in [-0.2, -0.15) is 0 Å². The number of piperidine rings is 1. The van der Waals surface area contributed by atoms with Crippen LogP contribution in [0, 0.1) is 5.92 Å². The molecular weight excluding hydrogens is 358 g/mol. The smallest absolute Gasteiger partial charge is 0.308 e. The Balaban J connectivity index is 1.48. The molecular formula is C21H29N3O4. The number of carbonyl (C=O) groups excluding carboxylic acids is 3. The third-order valence-electron chi connectivity index (χ3n) is 5.38. The van der Waals surface area contributed by atoms with E-state index >= 15 is 0 Å². The van der Waals surface area contributed by atoms with E-state index < -0.39 is 12.0 Å². The molecule has 0 aromatic heterocycles. The number of hydrogen-bond acceptors (Lipinski definition) is 5. The fourth-order valence-electron chi connectivity index (χ4n) is 3.81. The molecule has 7 heteroatoms. The molecule has 3 rings (SSSR count). The lowest BCUT2D eigenvalue weighted by Crippen LogP contribution is -2.59. The maximum atomic E-state index is 12.9. The van der Waals surface area contributed by atoms with Crippen LogP contribution in [0.15, 0.2) is 30.3 Å². The second-order valence-electron chi connectivity index (χ2n) is 7.38. The number of hydrogen-bond donors (Lipinski definition) is 2. The highest BCUT2D eigenvalue weighted by molar-refractivity contribution is 5.92. The summed E-state index contributed by atoms with van der Waals surface area (Å²) in [4.78, 5) is 39.0. The summed E-state index contributed by atoms with van der Waals surface area (Å²) in [5.41, 5.74) is 1.20. The Bertz CT molecular complexity index is 673. The van der Waals surface area contributed by atoms with Crippen LogP contribution < -0.4 is 10.6 Å². The van der Waals surface area contributed by atoms with E-state index in [-0.39, 0.29) is 24.2 Å². The fraction of sp³-hybridized carbons (Fsp3) is 0.571. The summed E-state index contributed by atoms with van der Waals surface area (Å²) in [5, 5.41) is 6.00. The van der Waals surface area contributed by atoms with E-state index in [1.54, 1.807) is 4.90 Å². The van der Waals surface area contributed by atoms with Gasteiger partial charge < -0.3 is 20.3 Å². The van der Waals surface area contributed by atoms with E-state index in [2.05, 4.69) is 10.6 Å². The highest BCUT2D eigenvalue weighted by atomic mass is 16.5. The van der Waals surface area contributed by atoms with Gasteiger partial charge in [0, 0.05) is 19.0 Å². The molecule has 0 spiro atoms. The molecule has 28 heavy (non-hydrogen) atoms. The standard InChI is InChI=1S/C21H29N3O4/c25-19(28-14-4-7-16-5-2-1-3-6-16)15-18-20(26)23-12-13-24(18)21(27)17-8-10-22-11-9-17/h1-3,5-6,17-18,22H,4,7-15H2,(H,23,26). The van der Waals surface area contributed by atoms with Crippen LogP contribution in [0.4, 0.5) is 0 Å². The van der Waals surface area contributed by atoms with Crippen LogP contribution in [0.2, 0.25) is 0 Å². The molecule has 0 saturated carbocycles. The van der Waals surface area contributed by atoms with Crippen molar-refractivity contribution in [3.05, 3.63) is 35.9 Å². The molecule has 152 valence electrons. The zero-order chi connectivity index (χ0) is 19.8. The fourth-order valence-corrected chi connectivity index (χ4v) is 3.81. The van der Waals surface area contributed by atoms with Crippen molar-refractivity contribution < 1.29 is 19.1 Å². The van der Waals surface area contributed by atoms with Crippen LogP contribution in [-0.2, 0) is 25.5 Å². The van der Waals surface area contributed by atoms with Gasteiger partial charge in [-0.25, -0.2) is 0 Å². The van der Waals surface area contributed by atoms with Gasteiger partial charge in [0.15, 0.2) is 0 Å². The predicted octanol–water partition coefficient (Wildman–Crippen LogP) is 0.879. The molecule has 2 saturated heterocycles. The number of piperazine rings is 1. The van der Waals surface area contributed by atoms with Gasteiger partial charge in [-0.05, 0) is 44.3 Å². The molecule has 2 heterocycles. The number of ether oxygens (including phenoxy) is 1. The summed E-state index contributed by atoms with van der Waals surface area (Å²) in [6.45, 7) is 2.80. The summed E-state index contributed by atoms with van der Waals surface area (Å²) in [6.07, 6.45) is 3.01. The summed E-state index contributed by atoms with van der Waals surface area (Å²) in [6, 6.07) is 9.25. The molecule has 1 atom stereocenters. The molecule has 1 unspecified atom stereocenters. The molecule has 1 aromatic carbocycles. The van der Waals surface area contributed by atoms with Gasteiger partial charge in [0.05, 0.1) is 13.0 Å². The first kappa shape index (κ1) is 20.3. The third kappa shape index (κ3) is 5.55. The van der Waals surface area contributed by atoms with E-state index in [1.807, 2.05) is 30.3 Å². The first-order valence-electron chi connectivity index (χ1n) is 10.1. The van der Waals surface area contributed by atoms with Gasteiger partial charge in [-0.1, -0.05) is 30.3 Å². The van der Waals surface area contributed by atoms with Crippen LogP contribution in [0.1, 0.15) is 31.2 Å². The van der Waals surface area contributed by atoms with Gasteiger partial charge in [0.25, 0.3) is 0 Å². The number of nitrogens with zero attached hydrogens (tertiary/aromatic N) is 1. The van der Waals surface area contributed by atoms with Crippen molar-refractivity contribution in [2.75, 3.05) is 32.8 Å². The molecule has 1 aromatic rings. The number of aryl methyl sites for hydroxylation is 1. The van der Waals surface area contributed by atoms with Gasteiger partial charge in [0.2, 0.25) is 11.8 Å². The number of nitrogens with one attached hydrogen (secondary N) is 2. The molecule has 2 N–H and O–H groups in total. The first-order valence-corrected chi connectivity index (χ1v) is 10.1. The average molecular weight is 387 g/mol. The summed E-state index contributed by atoms with van der Waals surface area (Å²) >= 11 is 0. The van der Waals surface area contributed by atoms with Gasteiger partial charge in [-0.3, -0.25) is 14.4 Å². The monoisotopic (exact) mass is 387 g/mol. The van der Waals surface area contributed by atoms with Crippen molar-refractivity contribution in [3.8, 4) is 0 Å². The molecule has 2 aliphatic heterocycles. The Morgan fingerprint density at radius 3 is 2.61 bits per heavy atom. The van der Waals surface area contributed by atoms with Crippen molar-refractivity contribution in [1.29, 1.82) is 0 Å². The second kappa shape index (κ2) is 10.2. The zero-order valence-corrected chi connectivity index (χ0v) is 16.2. The number of carbonyl (C=O) groups is 3. The Labute approximate surface area is 165 Å². The van der Waals surface area contributed by atoms with Gasteiger partial charge in [-0.15, -0.1) is 0 Å². The summed E-state index contributed by atoms with van der Waals surface area (Å²) < 4.78 is 5.32. The van der Waals surface area contributed by atoms with E-state index in [1.165, 1.54) is 5.56 Å². The van der Waals surface area contributed by atoms with E-state index in [0.717, 1.165) is 38.8 Å². The molecule has 0 radical (unpaired) electrons. The summed E-state index contributed by atoms with van der Waals surface area (Å²) in [5.74, 6) is -0.789. The lowest BCUT2D eigenvalue weighted by atomic mass is 9.95. The number of esters is 1. The maximum Gasteiger partial charge on any atom is 0.308 e. The maximum absolute atomic E-state index is 12.9. The van der Waals surface area contributed by atoms with E-state index in [0.29, 0.717) is 19.7 Å². The minimum Gasteiger partial charge on any atom is -0.466 e. The Kier molecular flexibility index (Phi) is 7.42. The number of benzene rings is 1. The highest BCUT2D eigenvalue weighted by Crippen LogP contribution is 2.20. The first-order chi connectivity index (χ1) is 13.6. The SMILES string of the molecule is O=C(CC1C(=O)NCCN1C(=O)C1CCNCC1)OCCCc1ccccc1. The minimum absolute atomic E-state index is 0.0155. The second-order valence-corrected chi connectivity index (χ2v) is 7.38. The third-order valence-corrected chi connectivity index (χ3v) is 5.38. The Morgan fingerprint density at radius 1 is 1.11 bits per heavy atom. The number of rotatable bonds is 7. The molecule has 0 bridgehead atoms. The van der Waals surface area contributed by atoms with Crippen molar-refractivity contribution in [3.63, 3.8) is 0 Å². The van der Waals surface area contributed by atoms with Gasteiger partial charge in [0.1, 0.15) is 6.04 Å². The lowest BCUT2D eigenvalue weighted by Gasteiger charge is -2.37. The van der Waals surface area contributed by atoms with E-state index in [9.17, 15) is 14.4 Å².